The van der Waals surface area contributed by atoms with Crippen molar-refractivity contribution in [2.75, 3.05) is 13.6 Å². The number of hydrogen-bond acceptors (Lipinski definition) is 2. The first-order valence-corrected chi connectivity index (χ1v) is 5.94. The molecule has 0 aromatic carbocycles. The minimum atomic E-state index is -0.951. The van der Waals surface area contributed by atoms with E-state index in [9.17, 15) is 9.59 Å². The van der Waals surface area contributed by atoms with Gasteiger partial charge in [0, 0.05) is 13.5 Å². The Balaban J connectivity index is 2.35. The van der Waals surface area contributed by atoms with Crippen LogP contribution in [0.25, 0.3) is 0 Å². The van der Waals surface area contributed by atoms with Crippen molar-refractivity contribution in [3.8, 4) is 0 Å². The Kier molecular flexibility index (Phi) is 4.77. The second-order valence-corrected chi connectivity index (χ2v) is 4.99. The number of amides is 1. The van der Waals surface area contributed by atoms with Crippen molar-refractivity contribution in [1.29, 1.82) is 0 Å². The normalized spacial score (nSPS) is 25.1. The fourth-order valence-corrected chi connectivity index (χ4v) is 2.44. The number of carboxylic acids is 1. The molecule has 4 nitrogen and oxygen atoms in total. The second-order valence-electron chi connectivity index (χ2n) is 4.99. The molecule has 1 rings (SSSR count). The number of carboxylic acid groups (broad SMARTS) is 1. The molecule has 0 spiro atoms. The number of hydrogen-bond donors (Lipinski definition) is 1. The summed E-state index contributed by atoms with van der Waals surface area (Å²) in [6, 6.07) is 0. The number of rotatable bonds is 4. The fourth-order valence-electron chi connectivity index (χ4n) is 2.44. The molecule has 1 saturated carbocycles. The fraction of sp³-hybridized carbons (Fsp3) is 0.833. The van der Waals surface area contributed by atoms with Gasteiger partial charge in [-0.2, -0.15) is 0 Å². The van der Waals surface area contributed by atoms with E-state index < -0.39 is 5.97 Å². The van der Waals surface area contributed by atoms with Crippen LogP contribution in [0, 0.1) is 11.8 Å². The summed E-state index contributed by atoms with van der Waals surface area (Å²) in [6.45, 7) is 2.03. The molecule has 2 unspecified atom stereocenters. The third-order valence-corrected chi connectivity index (χ3v) is 3.31. The van der Waals surface area contributed by atoms with E-state index >= 15 is 0 Å². The van der Waals surface area contributed by atoms with Crippen molar-refractivity contribution in [1.82, 2.24) is 4.90 Å². The average molecular weight is 227 g/mol. The smallest absolute Gasteiger partial charge is 0.323 e. The largest absolute Gasteiger partial charge is 0.480 e. The predicted octanol–water partition coefficient (Wildman–Crippen LogP) is 1.75. The number of nitrogens with zero attached hydrogens (tertiary/aromatic N) is 1. The lowest BCUT2D eigenvalue weighted by atomic mass is 9.80. The molecular formula is C12H21NO3. The van der Waals surface area contributed by atoms with Crippen molar-refractivity contribution in [3.63, 3.8) is 0 Å². The SMILES string of the molecule is CC1CCCC(CC(=O)N(C)CC(=O)O)C1. The Morgan fingerprint density at radius 3 is 2.62 bits per heavy atom. The van der Waals surface area contributed by atoms with Crippen LogP contribution in [-0.4, -0.2) is 35.5 Å². The summed E-state index contributed by atoms with van der Waals surface area (Å²) in [6.07, 6.45) is 5.18. The summed E-state index contributed by atoms with van der Waals surface area (Å²) in [5.74, 6) is 0.165. The maximum absolute atomic E-state index is 11.7. The molecule has 0 bridgehead atoms. The third kappa shape index (κ3) is 4.21. The summed E-state index contributed by atoms with van der Waals surface area (Å²) in [5, 5.41) is 8.59. The van der Waals surface area contributed by atoms with Crippen molar-refractivity contribution in [2.45, 2.75) is 39.0 Å². The van der Waals surface area contributed by atoms with Crippen molar-refractivity contribution < 1.29 is 14.7 Å². The highest BCUT2D eigenvalue weighted by molar-refractivity contribution is 5.81. The molecule has 0 heterocycles. The standard InChI is InChI=1S/C12H21NO3/c1-9-4-3-5-10(6-9)7-11(14)13(2)8-12(15)16/h9-10H,3-8H2,1-2H3,(H,15,16). The molecule has 1 N–H and O–H groups in total. The molecular weight excluding hydrogens is 206 g/mol. The van der Waals surface area contributed by atoms with E-state index in [4.69, 9.17) is 5.11 Å². The molecule has 92 valence electrons. The van der Waals surface area contributed by atoms with Crippen LogP contribution < -0.4 is 0 Å². The Morgan fingerprint density at radius 1 is 1.38 bits per heavy atom. The van der Waals surface area contributed by atoms with Crippen molar-refractivity contribution in [3.05, 3.63) is 0 Å². The lowest BCUT2D eigenvalue weighted by Gasteiger charge is -2.27. The molecule has 2 atom stereocenters. The minimum absolute atomic E-state index is 0.0403. The zero-order chi connectivity index (χ0) is 12.1. The van der Waals surface area contributed by atoms with E-state index in [1.807, 2.05) is 0 Å². The molecule has 0 aromatic rings. The number of carbonyl (C=O) groups is 2. The van der Waals surface area contributed by atoms with E-state index in [0.29, 0.717) is 18.3 Å². The van der Waals surface area contributed by atoms with Gasteiger partial charge in [0.25, 0.3) is 0 Å². The van der Waals surface area contributed by atoms with Crippen molar-refractivity contribution in [2.24, 2.45) is 11.8 Å². The van der Waals surface area contributed by atoms with Gasteiger partial charge in [-0.25, -0.2) is 0 Å². The average Bonchev–Trinajstić information content (AvgIpc) is 2.16. The van der Waals surface area contributed by atoms with Crippen LogP contribution in [0.1, 0.15) is 39.0 Å². The topological polar surface area (TPSA) is 57.6 Å². The summed E-state index contributed by atoms with van der Waals surface area (Å²) >= 11 is 0. The molecule has 16 heavy (non-hydrogen) atoms. The second kappa shape index (κ2) is 5.87. The van der Waals surface area contributed by atoms with Crippen molar-refractivity contribution >= 4 is 11.9 Å². The molecule has 4 heteroatoms. The van der Waals surface area contributed by atoms with E-state index in [0.717, 1.165) is 12.8 Å². The molecule has 0 saturated heterocycles. The Hall–Kier alpha value is -1.06. The van der Waals surface area contributed by atoms with Gasteiger partial charge in [0.1, 0.15) is 6.54 Å². The molecule has 0 aromatic heterocycles. The molecule has 1 fully saturated rings. The highest BCUT2D eigenvalue weighted by Gasteiger charge is 2.23. The van der Waals surface area contributed by atoms with E-state index in [1.54, 1.807) is 7.05 Å². The first-order chi connectivity index (χ1) is 7.49. The first-order valence-electron chi connectivity index (χ1n) is 5.94. The van der Waals surface area contributed by atoms with Crippen LogP contribution in [0.4, 0.5) is 0 Å². The predicted molar refractivity (Wildman–Crippen MR) is 61.0 cm³/mol. The van der Waals surface area contributed by atoms with Gasteiger partial charge in [-0.15, -0.1) is 0 Å². The van der Waals surface area contributed by atoms with Gasteiger partial charge >= 0.3 is 5.97 Å². The highest BCUT2D eigenvalue weighted by Crippen LogP contribution is 2.30. The summed E-state index contributed by atoms with van der Waals surface area (Å²) in [5.41, 5.74) is 0. The minimum Gasteiger partial charge on any atom is -0.480 e. The third-order valence-electron chi connectivity index (χ3n) is 3.31. The lowest BCUT2D eigenvalue weighted by Crippen LogP contribution is -2.33. The van der Waals surface area contributed by atoms with E-state index in [-0.39, 0.29) is 12.5 Å². The van der Waals surface area contributed by atoms with Crippen LogP contribution in [0.5, 0.6) is 0 Å². The van der Waals surface area contributed by atoms with Crippen LogP contribution >= 0.6 is 0 Å². The Bertz CT molecular complexity index is 265. The van der Waals surface area contributed by atoms with Gasteiger partial charge in [-0.1, -0.05) is 19.8 Å². The van der Waals surface area contributed by atoms with Gasteiger partial charge < -0.3 is 10.0 Å². The quantitative estimate of drug-likeness (QED) is 0.796. The van der Waals surface area contributed by atoms with Gasteiger partial charge in [0.05, 0.1) is 0 Å². The van der Waals surface area contributed by atoms with Gasteiger partial charge in [-0.3, -0.25) is 9.59 Å². The van der Waals surface area contributed by atoms with E-state index in [1.165, 1.54) is 17.7 Å². The maximum atomic E-state index is 11.7. The lowest BCUT2D eigenvalue weighted by molar-refractivity contribution is -0.143. The van der Waals surface area contributed by atoms with Crippen LogP contribution in [-0.2, 0) is 9.59 Å². The van der Waals surface area contributed by atoms with Gasteiger partial charge in [-0.05, 0) is 24.7 Å². The van der Waals surface area contributed by atoms with Crippen LogP contribution in [0.15, 0.2) is 0 Å². The number of likely N-dealkylation sites (N-methyl/N-ethyl adjacent to an activating group) is 1. The molecule has 0 aliphatic heterocycles. The van der Waals surface area contributed by atoms with Gasteiger partial charge in [0.2, 0.25) is 5.91 Å². The zero-order valence-electron chi connectivity index (χ0n) is 10.1. The summed E-state index contributed by atoms with van der Waals surface area (Å²) < 4.78 is 0. The zero-order valence-corrected chi connectivity index (χ0v) is 10.1. The van der Waals surface area contributed by atoms with Crippen LogP contribution in [0.3, 0.4) is 0 Å². The highest BCUT2D eigenvalue weighted by atomic mass is 16.4. The Labute approximate surface area is 96.6 Å². The molecule has 1 aliphatic carbocycles. The monoisotopic (exact) mass is 227 g/mol. The maximum Gasteiger partial charge on any atom is 0.323 e. The summed E-state index contributed by atoms with van der Waals surface area (Å²) in [4.78, 5) is 23.5. The van der Waals surface area contributed by atoms with Crippen LogP contribution in [0.2, 0.25) is 0 Å². The van der Waals surface area contributed by atoms with E-state index in [2.05, 4.69) is 6.92 Å². The first kappa shape index (κ1) is 13.0. The number of carbonyl (C=O) groups excluding carboxylic acids is 1. The Morgan fingerprint density at radius 2 is 2.06 bits per heavy atom. The molecule has 1 amide bonds. The number of aliphatic carboxylic acids is 1. The molecule has 1 aliphatic rings. The van der Waals surface area contributed by atoms with Gasteiger partial charge in [0.15, 0.2) is 0 Å². The molecule has 0 radical (unpaired) electrons. The summed E-state index contributed by atoms with van der Waals surface area (Å²) in [7, 11) is 1.56.